The lowest BCUT2D eigenvalue weighted by atomic mass is 10.1. The molecule has 0 radical (unpaired) electrons. The van der Waals surface area contributed by atoms with Gasteiger partial charge in [-0.25, -0.2) is 10.2 Å². The van der Waals surface area contributed by atoms with Gasteiger partial charge in [0.15, 0.2) is 5.69 Å². The van der Waals surface area contributed by atoms with E-state index in [0.717, 1.165) is 4.68 Å². The molecule has 3 rings (SSSR count). The van der Waals surface area contributed by atoms with Crippen molar-refractivity contribution >= 4 is 18.1 Å². The van der Waals surface area contributed by atoms with E-state index >= 15 is 0 Å². The van der Waals surface area contributed by atoms with Crippen molar-refractivity contribution in [3.63, 3.8) is 0 Å². The van der Waals surface area contributed by atoms with Gasteiger partial charge in [-0.05, 0) is 48.9 Å². The maximum atomic E-state index is 12.7. The first-order chi connectivity index (χ1) is 15.3. The molecule has 0 aliphatic carbocycles. The molecule has 1 heterocycles. The van der Waals surface area contributed by atoms with Gasteiger partial charge in [-0.1, -0.05) is 12.1 Å². The Balaban J connectivity index is 1.90. The molecule has 32 heavy (non-hydrogen) atoms. The summed E-state index contributed by atoms with van der Waals surface area (Å²) in [4.78, 5) is 36.2. The molecular weight excluding hydrogens is 414 g/mol. The van der Waals surface area contributed by atoms with E-state index in [1.807, 2.05) is 6.07 Å². The van der Waals surface area contributed by atoms with Gasteiger partial charge in [0.1, 0.15) is 17.4 Å². The smallest absolute Gasteiger partial charge is 0.335 e. The number of methoxy groups -OCH3 is 1. The number of carbonyl (C=O) groups is 2. The van der Waals surface area contributed by atoms with Crippen molar-refractivity contribution in [2.24, 2.45) is 5.10 Å². The van der Waals surface area contributed by atoms with Crippen molar-refractivity contribution in [1.82, 2.24) is 15.2 Å². The van der Waals surface area contributed by atoms with Gasteiger partial charge >= 0.3 is 5.97 Å². The number of hydrogen-bond donors (Lipinski definition) is 2. The number of nitriles is 1. The lowest BCUT2D eigenvalue weighted by Gasteiger charge is -2.11. The first-order valence-corrected chi connectivity index (χ1v) is 9.21. The van der Waals surface area contributed by atoms with Crippen LogP contribution in [0.2, 0.25) is 0 Å². The molecule has 0 bridgehead atoms. The van der Waals surface area contributed by atoms with Crippen molar-refractivity contribution in [3.8, 4) is 17.5 Å². The topological polar surface area (TPSA) is 147 Å². The summed E-state index contributed by atoms with van der Waals surface area (Å²) in [5.74, 6) is -1.21. The average molecular weight is 431 g/mol. The number of hydrazone groups is 1. The van der Waals surface area contributed by atoms with Crippen LogP contribution in [-0.4, -0.2) is 40.1 Å². The van der Waals surface area contributed by atoms with E-state index in [-0.39, 0.29) is 22.4 Å². The second kappa shape index (κ2) is 9.36. The quantitative estimate of drug-likeness (QED) is 0.447. The molecule has 0 unspecified atom stereocenters. The Morgan fingerprint density at radius 1 is 1.19 bits per heavy atom. The summed E-state index contributed by atoms with van der Waals surface area (Å²) < 4.78 is 6.06. The van der Waals surface area contributed by atoms with E-state index in [1.54, 1.807) is 24.3 Å². The highest BCUT2D eigenvalue weighted by molar-refractivity contribution is 5.95. The summed E-state index contributed by atoms with van der Waals surface area (Å²) in [6.07, 6.45) is 1.32. The maximum absolute atomic E-state index is 12.7. The highest BCUT2D eigenvalue weighted by Gasteiger charge is 2.20. The minimum atomic E-state index is -1.05. The van der Waals surface area contributed by atoms with Crippen LogP contribution in [0.5, 0.6) is 5.75 Å². The number of amides is 1. The predicted molar refractivity (Wildman–Crippen MR) is 114 cm³/mol. The fraction of sp³-hybridized carbons (Fsp3) is 0.0909. The minimum absolute atomic E-state index is 0.121. The van der Waals surface area contributed by atoms with E-state index in [1.165, 1.54) is 44.5 Å². The third-order valence-corrected chi connectivity index (χ3v) is 4.52. The van der Waals surface area contributed by atoms with E-state index in [9.17, 15) is 19.6 Å². The summed E-state index contributed by atoms with van der Waals surface area (Å²) in [7, 11) is 1.50. The first-order valence-electron chi connectivity index (χ1n) is 9.21. The van der Waals surface area contributed by atoms with Crippen LogP contribution < -0.4 is 15.7 Å². The van der Waals surface area contributed by atoms with Gasteiger partial charge < -0.3 is 9.84 Å². The van der Waals surface area contributed by atoms with Crippen LogP contribution >= 0.6 is 0 Å². The van der Waals surface area contributed by atoms with Gasteiger partial charge in [-0.2, -0.15) is 20.1 Å². The van der Waals surface area contributed by atoms with Crippen LogP contribution in [0.1, 0.15) is 37.5 Å². The van der Waals surface area contributed by atoms with Gasteiger partial charge in [0.25, 0.3) is 11.5 Å². The molecule has 0 atom stereocenters. The molecule has 0 aliphatic heterocycles. The molecule has 10 nitrogen and oxygen atoms in total. The lowest BCUT2D eigenvalue weighted by molar-refractivity contribution is 0.0696. The number of aromatic nitrogens is 2. The zero-order valence-corrected chi connectivity index (χ0v) is 17.1. The number of ether oxygens (including phenoxy) is 1. The van der Waals surface area contributed by atoms with Crippen molar-refractivity contribution in [1.29, 1.82) is 5.26 Å². The number of carbonyl (C=O) groups excluding carboxylic acids is 1. The predicted octanol–water partition coefficient (Wildman–Crippen LogP) is 1.88. The Bertz CT molecular complexity index is 1300. The highest BCUT2D eigenvalue weighted by Crippen LogP contribution is 2.15. The van der Waals surface area contributed by atoms with Crippen LogP contribution in [-0.2, 0) is 0 Å². The summed E-state index contributed by atoms with van der Waals surface area (Å²) in [6, 6.07) is 14.1. The van der Waals surface area contributed by atoms with Crippen molar-refractivity contribution in [3.05, 3.63) is 86.8 Å². The number of carboxylic acid groups (broad SMARTS) is 1. The van der Waals surface area contributed by atoms with E-state index < -0.39 is 17.4 Å². The Hall–Kier alpha value is -4.78. The summed E-state index contributed by atoms with van der Waals surface area (Å²) in [5, 5.41) is 26.3. The van der Waals surface area contributed by atoms with E-state index in [2.05, 4.69) is 15.6 Å². The van der Waals surface area contributed by atoms with Gasteiger partial charge in [0, 0.05) is 5.56 Å². The molecule has 0 saturated heterocycles. The molecule has 0 fully saturated rings. The standard InChI is InChI=1S/C22H17N5O5/c1-13-18(11-23)21(29)27(16-7-9-17(32-2)10-8-16)26-19(13)20(28)25-24-12-14-3-5-15(6-4-14)22(30)31/h3-10,12H,1-2H3,(H,25,28)(H,30,31)/b24-12+. The Morgan fingerprint density at radius 3 is 2.41 bits per heavy atom. The van der Waals surface area contributed by atoms with E-state index in [0.29, 0.717) is 17.0 Å². The normalized spacial score (nSPS) is 10.5. The highest BCUT2D eigenvalue weighted by atomic mass is 16.5. The van der Waals surface area contributed by atoms with Gasteiger partial charge in [-0.15, -0.1) is 0 Å². The largest absolute Gasteiger partial charge is 0.497 e. The Kier molecular flexibility index (Phi) is 6.41. The van der Waals surface area contributed by atoms with E-state index in [4.69, 9.17) is 9.84 Å². The molecule has 0 aliphatic rings. The van der Waals surface area contributed by atoms with Gasteiger partial charge in [0.05, 0.1) is 24.6 Å². The second-order valence-corrected chi connectivity index (χ2v) is 6.50. The van der Waals surface area contributed by atoms with Gasteiger partial charge in [-0.3, -0.25) is 9.59 Å². The monoisotopic (exact) mass is 431 g/mol. The number of benzene rings is 2. The fourth-order valence-corrected chi connectivity index (χ4v) is 2.78. The molecule has 10 heteroatoms. The van der Waals surface area contributed by atoms with Crippen molar-refractivity contribution < 1.29 is 19.4 Å². The number of rotatable bonds is 6. The zero-order chi connectivity index (χ0) is 23.3. The first kappa shape index (κ1) is 21.9. The second-order valence-electron chi connectivity index (χ2n) is 6.50. The van der Waals surface area contributed by atoms with Crippen LogP contribution in [0.3, 0.4) is 0 Å². The van der Waals surface area contributed by atoms with Crippen molar-refractivity contribution in [2.75, 3.05) is 7.11 Å². The number of nitrogens with one attached hydrogen (secondary N) is 1. The molecule has 160 valence electrons. The zero-order valence-electron chi connectivity index (χ0n) is 17.1. The number of nitrogens with zero attached hydrogens (tertiary/aromatic N) is 4. The van der Waals surface area contributed by atoms with Crippen LogP contribution in [0.4, 0.5) is 0 Å². The number of carboxylic acids is 1. The SMILES string of the molecule is COc1ccc(-n2nc(C(=O)N/N=C/c3ccc(C(=O)O)cc3)c(C)c(C#N)c2=O)cc1. The molecule has 3 aromatic rings. The van der Waals surface area contributed by atoms with Crippen LogP contribution in [0, 0.1) is 18.3 Å². The Morgan fingerprint density at radius 2 is 1.84 bits per heavy atom. The Labute approximate surface area is 182 Å². The molecule has 0 saturated carbocycles. The maximum Gasteiger partial charge on any atom is 0.335 e. The fourth-order valence-electron chi connectivity index (χ4n) is 2.78. The molecule has 1 aromatic heterocycles. The molecule has 2 aromatic carbocycles. The summed E-state index contributed by atoms with van der Waals surface area (Å²) in [5.41, 5.74) is 2.44. The molecule has 0 spiro atoms. The molecular formula is C22H17N5O5. The average Bonchev–Trinajstić information content (AvgIpc) is 2.80. The van der Waals surface area contributed by atoms with Crippen molar-refractivity contribution in [2.45, 2.75) is 6.92 Å². The molecule has 1 amide bonds. The number of hydrogen-bond acceptors (Lipinski definition) is 7. The summed E-state index contributed by atoms with van der Waals surface area (Å²) >= 11 is 0. The third-order valence-electron chi connectivity index (χ3n) is 4.52. The van der Waals surface area contributed by atoms with Crippen LogP contribution in [0.15, 0.2) is 58.4 Å². The number of aromatic carboxylic acids is 1. The molecule has 2 N–H and O–H groups in total. The van der Waals surface area contributed by atoms with Gasteiger partial charge in [0.2, 0.25) is 0 Å². The lowest BCUT2D eigenvalue weighted by Crippen LogP contribution is -2.31. The third kappa shape index (κ3) is 4.52. The van der Waals surface area contributed by atoms with Crippen LogP contribution in [0.25, 0.3) is 5.69 Å². The summed E-state index contributed by atoms with van der Waals surface area (Å²) in [6.45, 7) is 1.45. The minimum Gasteiger partial charge on any atom is -0.497 e.